The van der Waals surface area contributed by atoms with Crippen molar-refractivity contribution in [3.63, 3.8) is 0 Å². The Morgan fingerprint density at radius 2 is 2.11 bits per heavy atom. The highest BCUT2D eigenvalue weighted by molar-refractivity contribution is 7.89. The minimum atomic E-state index is -3.33. The van der Waals surface area contributed by atoms with Crippen LogP contribution in [0.4, 0.5) is 5.69 Å². The number of sulfonamides is 1. The number of fused-ring (bicyclic) bond motifs is 1. The van der Waals surface area contributed by atoms with Crippen LogP contribution < -0.4 is 9.62 Å². The quantitative estimate of drug-likeness (QED) is 0.892. The van der Waals surface area contributed by atoms with Crippen LogP contribution in [0.3, 0.4) is 0 Å². The number of carbonyl (C=O) groups is 1. The van der Waals surface area contributed by atoms with Gasteiger partial charge in [-0.25, -0.2) is 13.1 Å². The molecule has 1 aromatic rings. The molecule has 1 amide bonds. The molecular weight excluding hydrogens is 264 g/mol. The van der Waals surface area contributed by atoms with Crippen LogP contribution >= 0.6 is 0 Å². The van der Waals surface area contributed by atoms with Gasteiger partial charge in [0.25, 0.3) is 0 Å². The molecule has 0 spiro atoms. The number of rotatable bonds is 4. The first-order valence-electron chi connectivity index (χ1n) is 6.39. The van der Waals surface area contributed by atoms with Gasteiger partial charge < -0.3 is 4.90 Å². The molecule has 0 saturated heterocycles. The normalized spacial score (nSPS) is 15.1. The summed E-state index contributed by atoms with van der Waals surface area (Å²) in [5.74, 6) is -0.221. The largest absolute Gasteiger partial charge is 0.311 e. The summed E-state index contributed by atoms with van der Waals surface area (Å²) in [5, 5.41) is 0. The molecule has 0 fully saturated rings. The standard InChI is InChI=1S/C13H18N2O3S/c1-2-19(17,18)14-10-13(16)15-9-5-7-11-6-3-4-8-12(11)15/h3-4,6,8,14H,2,5,7,9-10H2,1H3. The van der Waals surface area contributed by atoms with E-state index in [0.29, 0.717) is 6.54 Å². The fourth-order valence-electron chi connectivity index (χ4n) is 2.16. The van der Waals surface area contributed by atoms with Gasteiger partial charge in [0.2, 0.25) is 15.9 Å². The number of nitrogens with zero attached hydrogens (tertiary/aromatic N) is 1. The molecule has 1 aliphatic rings. The van der Waals surface area contributed by atoms with Gasteiger partial charge in [0.05, 0.1) is 12.3 Å². The fourth-order valence-corrected chi connectivity index (χ4v) is 2.71. The maximum absolute atomic E-state index is 12.1. The third-order valence-electron chi connectivity index (χ3n) is 3.23. The summed E-state index contributed by atoms with van der Waals surface area (Å²) in [5.41, 5.74) is 2.04. The number of para-hydroxylation sites is 1. The molecule has 0 aromatic heterocycles. The molecule has 0 atom stereocenters. The van der Waals surface area contributed by atoms with Gasteiger partial charge in [-0.15, -0.1) is 0 Å². The van der Waals surface area contributed by atoms with E-state index in [1.807, 2.05) is 24.3 Å². The van der Waals surface area contributed by atoms with E-state index >= 15 is 0 Å². The first-order chi connectivity index (χ1) is 9.03. The molecule has 104 valence electrons. The second-order valence-electron chi connectivity index (χ2n) is 4.50. The van der Waals surface area contributed by atoms with Gasteiger partial charge >= 0.3 is 0 Å². The van der Waals surface area contributed by atoms with Crippen molar-refractivity contribution < 1.29 is 13.2 Å². The lowest BCUT2D eigenvalue weighted by Gasteiger charge is -2.29. The number of anilines is 1. The molecular formula is C13H18N2O3S. The minimum absolute atomic E-state index is 0.0170. The van der Waals surface area contributed by atoms with E-state index in [1.165, 1.54) is 0 Å². The van der Waals surface area contributed by atoms with Crippen molar-refractivity contribution in [1.82, 2.24) is 4.72 Å². The van der Waals surface area contributed by atoms with Crippen molar-refractivity contribution in [2.24, 2.45) is 0 Å². The molecule has 1 N–H and O–H groups in total. The van der Waals surface area contributed by atoms with Crippen LogP contribution in [0.25, 0.3) is 0 Å². The van der Waals surface area contributed by atoms with E-state index in [2.05, 4.69) is 4.72 Å². The van der Waals surface area contributed by atoms with Gasteiger partial charge in [-0.05, 0) is 31.4 Å². The molecule has 1 aliphatic heterocycles. The molecule has 2 rings (SSSR count). The number of hydrogen-bond donors (Lipinski definition) is 1. The Morgan fingerprint density at radius 3 is 2.84 bits per heavy atom. The molecule has 0 bridgehead atoms. The summed E-state index contributed by atoms with van der Waals surface area (Å²) in [6.07, 6.45) is 1.87. The molecule has 0 saturated carbocycles. The van der Waals surface area contributed by atoms with E-state index in [9.17, 15) is 13.2 Å². The van der Waals surface area contributed by atoms with Gasteiger partial charge in [-0.3, -0.25) is 4.79 Å². The van der Waals surface area contributed by atoms with Gasteiger partial charge in [-0.2, -0.15) is 0 Å². The predicted octanol–water partition coefficient (Wildman–Crippen LogP) is 0.905. The van der Waals surface area contributed by atoms with Crippen LogP contribution in [0.1, 0.15) is 18.9 Å². The molecule has 6 heteroatoms. The number of amides is 1. The number of carbonyl (C=O) groups excluding carboxylic acids is 1. The fraction of sp³-hybridized carbons (Fsp3) is 0.462. The summed E-state index contributed by atoms with van der Waals surface area (Å²) in [6.45, 7) is 2.01. The highest BCUT2D eigenvalue weighted by Gasteiger charge is 2.22. The van der Waals surface area contributed by atoms with Crippen molar-refractivity contribution >= 4 is 21.6 Å². The van der Waals surface area contributed by atoms with Crippen molar-refractivity contribution in [2.45, 2.75) is 19.8 Å². The maximum atomic E-state index is 12.1. The highest BCUT2D eigenvalue weighted by Crippen LogP contribution is 2.26. The van der Waals surface area contributed by atoms with E-state index in [0.717, 1.165) is 24.1 Å². The molecule has 1 heterocycles. The van der Waals surface area contributed by atoms with Crippen LogP contribution in [0.15, 0.2) is 24.3 Å². The molecule has 0 aliphatic carbocycles. The second-order valence-corrected chi connectivity index (χ2v) is 6.60. The van der Waals surface area contributed by atoms with Crippen LogP contribution in [-0.2, 0) is 21.2 Å². The molecule has 0 unspecified atom stereocenters. The lowest BCUT2D eigenvalue weighted by atomic mass is 10.0. The first kappa shape index (κ1) is 14.0. The van der Waals surface area contributed by atoms with Crippen LogP contribution in [0, 0.1) is 0 Å². The maximum Gasteiger partial charge on any atom is 0.242 e. The first-order valence-corrected chi connectivity index (χ1v) is 8.04. The van der Waals surface area contributed by atoms with Crippen molar-refractivity contribution in [2.75, 3.05) is 23.7 Å². The zero-order chi connectivity index (χ0) is 13.9. The molecule has 19 heavy (non-hydrogen) atoms. The SMILES string of the molecule is CCS(=O)(=O)NCC(=O)N1CCCc2ccccc21. The van der Waals surface area contributed by atoms with Gasteiger partial charge in [0.15, 0.2) is 0 Å². The third-order valence-corrected chi connectivity index (χ3v) is 4.58. The van der Waals surface area contributed by atoms with E-state index in [1.54, 1.807) is 11.8 Å². The number of aryl methyl sites for hydroxylation is 1. The van der Waals surface area contributed by atoms with Crippen LogP contribution in [-0.4, -0.2) is 33.2 Å². The van der Waals surface area contributed by atoms with Crippen molar-refractivity contribution in [3.8, 4) is 0 Å². The van der Waals surface area contributed by atoms with E-state index < -0.39 is 10.0 Å². The average Bonchev–Trinajstić information content (AvgIpc) is 2.44. The van der Waals surface area contributed by atoms with Gasteiger partial charge in [0, 0.05) is 12.2 Å². The second kappa shape index (κ2) is 5.71. The monoisotopic (exact) mass is 282 g/mol. The molecule has 0 radical (unpaired) electrons. The lowest BCUT2D eigenvalue weighted by Crippen LogP contribution is -2.42. The predicted molar refractivity (Wildman–Crippen MR) is 74.6 cm³/mol. The van der Waals surface area contributed by atoms with Gasteiger partial charge in [-0.1, -0.05) is 18.2 Å². The smallest absolute Gasteiger partial charge is 0.242 e. The number of benzene rings is 1. The number of hydrogen-bond acceptors (Lipinski definition) is 3. The topological polar surface area (TPSA) is 66.5 Å². The van der Waals surface area contributed by atoms with Gasteiger partial charge in [0.1, 0.15) is 0 Å². The zero-order valence-electron chi connectivity index (χ0n) is 10.9. The third kappa shape index (κ3) is 3.33. The lowest BCUT2D eigenvalue weighted by molar-refractivity contribution is -0.117. The Hall–Kier alpha value is -1.40. The summed E-state index contributed by atoms with van der Waals surface area (Å²) >= 11 is 0. The summed E-state index contributed by atoms with van der Waals surface area (Å²) < 4.78 is 25.0. The highest BCUT2D eigenvalue weighted by atomic mass is 32.2. The Labute approximate surface area is 113 Å². The summed E-state index contributed by atoms with van der Waals surface area (Å²) in [6, 6.07) is 7.75. The van der Waals surface area contributed by atoms with E-state index in [4.69, 9.17) is 0 Å². The summed E-state index contributed by atoms with van der Waals surface area (Å²) in [7, 11) is -3.33. The zero-order valence-corrected chi connectivity index (χ0v) is 11.7. The Bertz CT molecular complexity index is 569. The number of nitrogens with one attached hydrogen (secondary N) is 1. The Balaban J connectivity index is 2.09. The summed E-state index contributed by atoms with van der Waals surface area (Å²) in [4.78, 5) is 13.8. The average molecular weight is 282 g/mol. The molecule has 1 aromatic carbocycles. The van der Waals surface area contributed by atoms with Crippen molar-refractivity contribution in [1.29, 1.82) is 0 Å². The van der Waals surface area contributed by atoms with Crippen LogP contribution in [0.2, 0.25) is 0 Å². The van der Waals surface area contributed by atoms with E-state index in [-0.39, 0.29) is 18.2 Å². The molecule has 5 nitrogen and oxygen atoms in total. The minimum Gasteiger partial charge on any atom is -0.311 e. The van der Waals surface area contributed by atoms with Crippen molar-refractivity contribution in [3.05, 3.63) is 29.8 Å². The Morgan fingerprint density at radius 1 is 1.37 bits per heavy atom. The Kier molecular flexibility index (Phi) is 4.21. The van der Waals surface area contributed by atoms with Crippen LogP contribution in [0.5, 0.6) is 0 Å².